The summed E-state index contributed by atoms with van der Waals surface area (Å²) in [6.45, 7) is -1.71. The summed E-state index contributed by atoms with van der Waals surface area (Å²) in [6.07, 6.45) is -4.14. The standard InChI is InChI=1S/C9H15F3N2O5S/c1-18-8(15)7-2-4-14(5-3-7)20(16,17)13-19-6-9(10,11)12/h7,13H,2-6H2,1H3. The van der Waals surface area contributed by atoms with Crippen LogP contribution >= 0.6 is 0 Å². The van der Waals surface area contributed by atoms with E-state index in [0.717, 1.165) is 4.31 Å². The minimum absolute atomic E-state index is 0.00444. The molecule has 0 saturated carbocycles. The van der Waals surface area contributed by atoms with E-state index in [2.05, 4.69) is 9.57 Å². The molecule has 7 nitrogen and oxygen atoms in total. The molecule has 118 valence electrons. The number of hydrogen-bond acceptors (Lipinski definition) is 5. The molecular weight excluding hydrogens is 305 g/mol. The Labute approximate surface area is 114 Å². The lowest BCUT2D eigenvalue weighted by Crippen LogP contribution is -2.46. The zero-order valence-electron chi connectivity index (χ0n) is 10.6. The highest BCUT2D eigenvalue weighted by Crippen LogP contribution is 2.20. The van der Waals surface area contributed by atoms with E-state index in [1.165, 1.54) is 12.0 Å². The third-order valence-electron chi connectivity index (χ3n) is 2.73. The number of nitrogens with zero attached hydrogens (tertiary/aromatic N) is 1. The molecule has 0 aromatic heterocycles. The van der Waals surface area contributed by atoms with Crippen LogP contribution in [0.4, 0.5) is 13.2 Å². The lowest BCUT2D eigenvalue weighted by Gasteiger charge is -2.29. The first kappa shape index (κ1) is 17.1. The predicted molar refractivity (Wildman–Crippen MR) is 60.4 cm³/mol. The average Bonchev–Trinajstić information content (AvgIpc) is 2.36. The molecule has 0 atom stereocenters. The first-order valence-electron chi connectivity index (χ1n) is 5.69. The van der Waals surface area contributed by atoms with Crippen LogP contribution in [0.3, 0.4) is 0 Å². The molecule has 1 rings (SSSR count). The molecule has 11 heteroatoms. The van der Waals surface area contributed by atoms with Crippen molar-refractivity contribution in [3.8, 4) is 0 Å². The van der Waals surface area contributed by atoms with E-state index in [-0.39, 0.29) is 25.9 Å². The fraction of sp³-hybridized carbons (Fsp3) is 0.889. The van der Waals surface area contributed by atoms with E-state index in [0.29, 0.717) is 0 Å². The van der Waals surface area contributed by atoms with Gasteiger partial charge in [0, 0.05) is 13.1 Å². The Kier molecular flexibility index (Phi) is 5.74. The smallest absolute Gasteiger partial charge is 0.413 e. The zero-order chi connectivity index (χ0) is 15.4. The summed E-state index contributed by atoms with van der Waals surface area (Å²) >= 11 is 0. The SMILES string of the molecule is COC(=O)C1CCN(S(=O)(=O)NOCC(F)(F)F)CC1. The van der Waals surface area contributed by atoms with Gasteiger partial charge in [0.2, 0.25) is 0 Å². The number of carbonyl (C=O) groups is 1. The highest BCUT2D eigenvalue weighted by molar-refractivity contribution is 7.87. The van der Waals surface area contributed by atoms with E-state index in [9.17, 15) is 26.4 Å². The monoisotopic (exact) mass is 320 g/mol. The summed E-state index contributed by atoms with van der Waals surface area (Å²) in [5.41, 5.74) is 0. The van der Waals surface area contributed by atoms with Gasteiger partial charge in [0.25, 0.3) is 0 Å². The molecule has 1 aliphatic rings. The van der Waals surface area contributed by atoms with Gasteiger partial charge in [-0.15, -0.1) is 0 Å². The molecule has 20 heavy (non-hydrogen) atoms. The summed E-state index contributed by atoms with van der Waals surface area (Å²) in [5.74, 6) is -0.828. The number of alkyl halides is 3. The Morgan fingerprint density at radius 1 is 1.35 bits per heavy atom. The molecule has 0 bridgehead atoms. The number of halogens is 3. The predicted octanol–water partition coefficient (Wildman–Crippen LogP) is 0.200. The van der Waals surface area contributed by atoms with Crippen LogP contribution in [-0.4, -0.2) is 51.7 Å². The Balaban J connectivity index is 2.45. The van der Waals surface area contributed by atoms with Crippen molar-refractivity contribution in [2.45, 2.75) is 19.0 Å². The summed E-state index contributed by atoms with van der Waals surface area (Å²) in [7, 11) is -2.92. The summed E-state index contributed by atoms with van der Waals surface area (Å²) in [6, 6.07) is 0. The molecule has 0 aliphatic carbocycles. The fourth-order valence-electron chi connectivity index (χ4n) is 1.74. The van der Waals surface area contributed by atoms with E-state index in [4.69, 9.17) is 0 Å². The number of nitrogens with one attached hydrogen (secondary N) is 1. The molecule has 0 spiro atoms. The number of carbonyl (C=O) groups excluding carboxylic acids is 1. The van der Waals surface area contributed by atoms with Crippen molar-refractivity contribution >= 4 is 16.2 Å². The quantitative estimate of drug-likeness (QED) is 0.578. The van der Waals surface area contributed by atoms with Crippen LogP contribution in [0.15, 0.2) is 0 Å². The van der Waals surface area contributed by atoms with Crippen LogP contribution < -0.4 is 4.89 Å². The lowest BCUT2D eigenvalue weighted by molar-refractivity contribution is -0.181. The van der Waals surface area contributed by atoms with Crippen molar-refractivity contribution in [3.63, 3.8) is 0 Å². The third-order valence-corrected chi connectivity index (χ3v) is 4.10. The van der Waals surface area contributed by atoms with E-state index in [1.54, 1.807) is 0 Å². The number of methoxy groups -OCH3 is 1. The molecular formula is C9H15F3N2O5S. The van der Waals surface area contributed by atoms with E-state index >= 15 is 0 Å². The summed E-state index contributed by atoms with van der Waals surface area (Å²) in [5, 5.41) is 0. The van der Waals surface area contributed by atoms with Gasteiger partial charge in [0.05, 0.1) is 13.0 Å². The number of rotatable bonds is 5. The third kappa shape index (κ3) is 5.23. The topological polar surface area (TPSA) is 84.9 Å². The van der Waals surface area contributed by atoms with Crippen LogP contribution in [0.5, 0.6) is 0 Å². The van der Waals surface area contributed by atoms with Gasteiger partial charge in [-0.25, -0.2) is 0 Å². The molecule has 0 amide bonds. The van der Waals surface area contributed by atoms with Crippen LogP contribution in [-0.2, 0) is 24.6 Å². The number of piperidine rings is 1. The minimum atomic E-state index is -4.62. The molecule has 1 aliphatic heterocycles. The molecule has 1 N–H and O–H groups in total. The number of esters is 1. The molecule has 0 aromatic rings. The lowest BCUT2D eigenvalue weighted by atomic mass is 9.99. The normalized spacial score (nSPS) is 19.0. The zero-order valence-corrected chi connectivity index (χ0v) is 11.5. The van der Waals surface area contributed by atoms with Crippen LogP contribution in [0.1, 0.15) is 12.8 Å². The van der Waals surface area contributed by atoms with Gasteiger partial charge in [0.15, 0.2) is 6.61 Å². The Hall–Kier alpha value is -0.910. The van der Waals surface area contributed by atoms with Gasteiger partial charge in [-0.3, -0.25) is 9.63 Å². The summed E-state index contributed by atoms with van der Waals surface area (Å²) in [4.78, 5) is 16.6. The molecule has 1 saturated heterocycles. The van der Waals surface area contributed by atoms with Crippen molar-refractivity contribution in [3.05, 3.63) is 0 Å². The van der Waals surface area contributed by atoms with Gasteiger partial charge >= 0.3 is 22.4 Å². The molecule has 0 aromatic carbocycles. The highest BCUT2D eigenvalue weighted by atomic mass is 32.2. The van der Waals surface area contributed by atoms with Crippen LogP contribution in [0.25, 0.3) is 0 Å². The summed E-state index contributed by atoms with van der Waals surface area (Å²) < 4.78 is 64.2. The van der Waals surface area contributed by atoms with Crippen LogP contribution in [0.2, 0.25) is 0 Å². The molecule has 0 unspecified atom stereocenters. The van der Waals surface area contributed by atoms with Gasteiger partial charge in [-0.05, 0) is 12.8 Å². The first-order chi connectivity index (χ1) is 9.15. The Morgan fingerprint density at radius 3 is 2.35 bits per heavy atom. The maximum Gasteiger partial charge on any atom is 0.413 e. The van der Waals surface area contributed by atoms with Gasteiger partial charge in [-0.1, -0.05) is 4.89 Å². The number of ether oxygens (including phenoxy) is 1. The Morgan fingerprint density at radius 2 is 1.90 bits per heavy atom. The second-order valence-corrected chi connectivity index (χ2v) is 5.82. The van der Waals surface area contributed by atoms with Crippen LogP contribution in [0, 0.1) is 5.92 Å². The molecule has 0 radical (unpaired) electrons. The second kappa shape index (κ2) is 6.70. The van der Waals surface area contributed by atoms with Gasteiger partial charge in [-0.2, -0.15) is 25.9 Å². The van der Waals surface area contributed by atoms with Crippen molar-refractivity contribution in [2.75, 3.05) is 26.8 Å². The minimum Gasteiger partial charge on any atom is -0.469 e. The average molecular weight is 320 g/mol. The fourth-order valence-corrected chi connectivity index (χ4v) is 2.74. The van der Waals surface area contributed by atoms with Crippen molar-refractivity contribution in [1.82, 2.24) is 9.19 Å². The highest BCUT2D eigenvalue weighted by Gasteiger charge is 2.33. The van der Waals surface area contributed by atoms with Crippen molar-refractivity contribution in [1.29, 1.82) is 0 Å². The van der Waals surface area contributed by atoms with Crippen molar-refractivity contribution in [2.24, 2.45) is 5.92 Å². The first-order valence-corrected chi connectivity index (χ1v) is 7.13. The largest absolute Gasteiger partial charge is 0.469 e. The maximum absolute atomic E-state index is 11.8. The second-order valence-electron chi connectivity index (χ2n) is 4.19. The number of hydrogen-bond donors (Lipinski definition) is 1. The van der Waals surface area contributed by atoms with E-state index in [1.807, 2.05) is 0 Å². The maximum atomic E-state index is 11.8. The van der Waals surface area contributed by atoms with Gasteiger partial charge < -0.3 is 4.74 Å². The van der Waals surface area contributed by atoms with Crippen molar-refractivity contribution < 1.29 is 36.0 Å². The Bertz CT molecular complexity index is 431. The van der Waals surface area contributed by atoms with Gasteiger partial charge in [0.1, 0.15) is 0 Å². The van der Waals surface area contributed by atoms with E-state index < -0.39 is 34.9 Å². The molecule has 1 fully saturated rings. The molecule has 1 heterocycles.